The highest BCUT2D eigenvalue weighted by Crippen LogP contribution is 2.28. The quantitative estimate of drug-likeness (QED) is 0.362. The lowest BCUT2D eigenvalue weighted by molar-refractivity contribution is -0.143. The third-order valence-corrected chi connectivity index (χ3v) is 8.52. The number of fused-ring (bicyclic) bond motifs is 1. The molecule has 3 unspecified atom stereocenters. The lowest BCUT2D eigenvalue weighted by Crippen LogP contribution is -2.49. The second kappa shape index (κ2) is 10.5. The number of amides is 1. The molecule has 200 valence electrons. The van der Waals surface area contributed by atoms with Crippen LogP contribution in [0.15, 0.2) is 46.5 Å². The molecule has 9 nitrogen and oxygen atoms in total. The zero-order valence-electron chi connectivity index (χ0n) is 21.5. The molecule has 1 aliphatic heterocycles. The average Bonchev–Trinajstić information content (AvgIpc) is 3.49. The van der Waals surface area contributed by atoms with Crippen molar-refractivity contribution in [2.24, 2.45) is 0 Å². The molecule has 38 heavy (non-hydrogen) atoms. The van der Waals surface area contributed by atoms with Crippen molar-refractivity contribution in [1.29, 1.82) is 0 Å². The predicted octanol–water partition coefficient (Wildman–Crippen LogP) is 3.03. The van der Waals surface area contributed by atoms with E-state index < -0.39 is 16.6 Å². The van der Waals surface area contributed by atoms with Crippen molar-refractivity contribution in [2.75, 3.05) is 19.3 Å². The number of aromatic nitrogens is 4. The molecule has 1 fully saturated rings. The van der Waals surface area contributed by atoms with Gasteiger partial charge in [0, 0.05) is 59.7 Å². The van der Waals surface area contributed by atoms with Gasteiger partial charge in [-0.05, 0) is 38.5 Å². The molecule has 3 atom stereocenters. The molecule has 12 heteroatoms. The molecule has 0 N–H and O–H groups in total. The van der Waals surface area contributed by atoms with Crippen molar-refractivity contribution in [3.63, 3.8) is 0 Å². The smallest absolute Gasteiger partial charge is 0.262 e. The van der Waals surface area contributed by atoms with Gasteiger partial charge < -0.3 is 14.2 Å². The van der Waals surface area contributed by atoms with Gasteiger partial charge in [0.15, 0.2) is 0 Å². The summed E-state index contributed by atoms with van der Waals surface area (Å²) in [5.41, 5.74) is 1.41. The number of ether oxygens (including phenoxy) is 1. The average molecular weight is 558 g/mol. The van der Waals surface area contributed by atoms with E-state index in [-0.39, 0.29) is 30.2 Å². The van der Waals surface area contributed by atoms with Crippen LogP contribution in [0.2, 0.25) is 0 Å². The maximum absolute atomic E-state index is 13.7. The second-order valence-electron chi connectivity index (χ2n) is 9.56. The SMILES string of the molecule is Cc1c(-c2ncc(Cc3ccc(F)cc3S(C)=O)s2)nc2n(CC(=O)N3CC(C)OC(C)C3)ccn2c1=O. The van der Waals surface area contributed by atoms with Gasteiger partial charge in [0.05, 0.1) is 23.0 Å². The van der Waals surface area contributed by atoms with Crippen LogP contribution in [0.4, 0.5) is 4.39 Å². The topological polar surface area (TPSA) is 98.8 Å². The van der Waals surface area contributed by atoms with Crippen molar-refractivity contribution in [3.8, 4) is 10.7 Å². The number of halogens is 1. The van der Waals surface area contributed by atoms with Crippen LogP contribution in [-0.4, -0.2) is 65.5 Å². The minimum atomic E-state index is -1.34. The zero-order valence-corrected chi connectivity index (χ0v) is 23.1. The molecule has 1 aliphatic rings. The fraction of sp³-hybridized carbons (Fsp3) is 0.385. The van der Waals surface area contributed by atoms with E-state index in [2.05, 4.69) is 4.98 Å². The van der Waals surface area contributed by atoms with Crippen molar-refractivity contribution in [3.05, 3.63) is 69.0 Å². The number of benzene rings is 1. The van der Waals surface area contributed by atoms with Crippen molar-refractivity contribution in [2.45, 2.75) is 50.8 Å². The summed E-state index contributed by atoms with van der Waals surface area (Å²) in [4.78, 5) is 38.6. The number of nitrogens with zero attached hydrogens (tertiary/aromatic N) is 5. The van der Waals surface area contributed by atoms with E-state index in [0.717, 1.165) is 10.4 Å². The highest BCUT2D eigenvalue weighted by molar-refractivity contribution is 7.84. The molecule has 0 aliphatic carbocycles. The van der Waals surface area contributed by atoms with Gasteiger partial charge in [0.2, 0.25) is 11.7 Å². The number of imidazole rings is 1. The molecular weight excluding hydrogens is 529 g/mol. The Morgan fingerprint density at radius 3 is 2.68 bits per heavy atom. The molecule has 1 aromatic carbocycles. The number of hydrogen-bond donors (Lipinski definition) is 0. The first-order valence-electron chi connectivity index (χ1n) is 12.2. The molecule has 5 rings (SSSR count). The minimum absolute atomic E-state index is 0.0403. The predicted molar refractivity (Wildman–Crippen MR) is 143 cm³/mol. The van der Waals surface area contributed by atoms with E-state index in [9.17, 15) is 18.2 Å². The summed E-state index contributed by atoms with van der Waals surface area (Å²) in [6.45, 7) is 6.67. The van der Waals surface area contributed by atoms with E-state index in [1.165, 1.54) is 34.1 Å². The summed E-state index contributed by atoms with van der Waals surface area (Å²) >= 11 is 1.37. The Bertz CT molecular complexity index is 1600. The summed E-state index contributed by atoms with van der Waals surface area (Å²) < 4.78 is 34.6. The van der Waals surface area contributed by atoms with Gasteiger partial charge in [-0.3, -0.25) is 18.2 Å². The van der Waals surface area contributed by atoms with Crippen LogP contribution in [0.25, 0.3) is 16.5 Å². The van der Waals surface area contributed by atoms with Crippen molar-refractivity contribution in [1.82, 2.24) is 23.8 Å². The highest BCUT2D eigenvalue weighted by Gasteiger charge is 2.26. The van der Waals surface area contributed by atoms with E-state index in [1.54, 1.807) is 41.0 Å². The third-order valence-electron chi connectivity index (χ3n) is 6.51. The number of carbonyl (C=O) groups excluding carboxylic acids is 1. The lowest BCUT2D eigenvalue weighted by Gasteiger charge is -2.35. The van der Waals surface area contributed by atoms with E-state index >= 15 is 0 Å². The van der Waals surface area contributed by atoms with E-state index in [4.69, 9.17) is 9.72 Å². The molecule has 1 amide bonds. The molecule has 0 saturated carbocycles. The second-order valence-corrected chi connectivity index (χ2v) is 12.0. The van der Waals surface area contributed by atoms with Crippen LogP contribution < -0.4 is 5.56 Å². The summed E-state index contributed by atoms with van der Waals surface area (Å²) in [5.74, 6) is -0.143. The Morgan fingerprint density at radius 2 is 1.97 bits per heavy atom. The summed E-state index contributed by atoms with van der Waals surface area (Å²) in [6.07, 6.45) is 6.86. The summed E-state index contributed by atoms with van der Waals surface area (Å²) in [6, 6.07) is 4.27. The fourth-order valence-electron chi connectivity index (χ4n) is 4.75. The molecule has 1 saturated heterocycles. The monoisotopic (exact) mass is 557 g/mol. The Balaban J connectivity index is 1.45. The molecule has 0 spiro atoms. The molecular formula is C26H28FN5O4S2. The van der Waals surface area contributed by atoms with Crippen molar-refractivity contribution >= 4 is 33.8 Å². The van der Waals surface area contributed by atoms with Crippen LogP contribution in [-0.2, 0) is 33.3 Å². The molecule has 4 heterocycles. The van der Waals surface area contributed by atoms with Gasteiger partial charge in [0.1, 0.15) is 23.1 Å². The normalized spacial score (nSPS) is 18.7. The molecule has 4 aromatic rings. The molecule has 3 aromatic heterocycles. The largest absolute Gasteiger partial charge is 0.372 e. The maximum Gasteiger partial charge on any atom is 0.262 e. The van der Waals surface area contributed by atoms with Crippen LogP contribution >= 0.6 is 11.3 Å². The third kappa shape index (κ3) is 5.20. The van der Waals surface area contributed by atoms with Gasteiger partial charge >= 0.3 is 0 Å². The van der Waals surface area contributed by atoms with Crippen LogP contribution in [0.5, 0.6) is 0 Å². The number of morpholine rings is 1. The highest BCUT2D eigenvalue weighted by atomic mass is 32.2. The van der Waals surface area contributed by atoms with Gasteiger partial charge in [-0.1, -0.05) is 6.07 Å². The van der Waals surface area contributed by atoms with Crippen LogP contribution in [0.3, 0.4) is 0 Å². The van der Waals surface area contributed by atoms with Crippen LogP contribution in [0.1, 0.15) is 29.9 Å². The standard InChI is InChI=1S/C26H28FN5O4S2/c1-15-12-31(13-16(2)36-15)22(33)14-30-7-8-32-25(34)17(3)23(29-26(30)32)24-28-11-20(37-24)9-18-5-6-19(27)10-21(18)38(4)35/h5-8,10-11,15-16H,9,12-14H2,1-4H3. The molecule has 0 radical (unpaired) electrons. The van der Waals surface area contributed by atoms with Gasteiger partial charge in [-0.2, -0.15) is 0 Å². The van der Waals surface area contributed by atoms with Gasteiger partial charge in [-0.25, -0.2) is 14.4 Å². The lowest BCUT2D eigenvalue weighted by atomic mass is 10.1. The van der Waals surface area contributed by atoms with E-state index in [1.807, 2.05) is 13.8 Å². The van der Waals surface area contributed by atoms with Gasteiger partial charge in [0.25, 0.3) is 5.56 Å². The number of carbonyl (C=O) groups is 1. The Morgan fingerprint density at radius 1 is 1.24 bits per heavy atom. The van der Waals surface area contributed by atoms with Crippen LogP contribution in [0, 0.1) is 12.7 Å². The number of hydrogen-bond acceptors (Lipinski definition) is 7. The first kappa shape index (κ1) is 26.4. The minimum Gasteiger partial charge on any atom is -0.372 e. The Hall–Kier alpha value is -3.22. The zero-order chi connectivity index (χ0) is 27.1. The first-order valence-corrected chi connectivity index (χ1v) is 14.6. The summed E-state index contributed by atoms with van der Waals surface area (Å²) in [5, 5.41) is 0.563. The van der Waals surface area contributed by atoms with E-state index in [0.29, 0.717) is 46.4 Å². The number of rotatable bonds is 6. The van der Waals surface area contributed by atoms with Crippen molar-refractivity contribution < 1.29 is 18.1 Å². The maximum atomic E-state index is 13.7. The van der Waals surface area contributed by atoms with Gasteiger partial charge in [-0.15, -0.1) is 11.3 Å². The molecule has 0 bridgehead atoms. The Labute approximate surface area is 225 Å². The number of thiazole rings is 1. The first-order chi connectivity index (χ1) is 18.1. The fourth-order valence-corrected chi connectivity index (χ4v) is 6.52. The Kier molecular flexibility index (Phi) is 7.30. The summed E-state index contributed by atoms with van der Waals surface area (Å²) in [7, 11) is -1.34.